The summed E-state index contributed by atoms with van der Waals surface area (Å²) < 4.78 is 6.14. The first-order valence-corrected chi connectivity index (χ1v) is 11.3. The first-order valence-electron chi connectivity index (χ1n) is 6.14. The van der Waals surface area contributed by atoms with Crippen molar-refractivity contribution in [2.45, 2.75) is 51.7 Å². The van der Waals surface area contributed by atoms with Gasteiger partial charge in [-0.15, -0.1) is 0 Å². The average Bonchev–Trinajstić information content (AvgIpc) is 2.70. The maximum absolute atomic E-state index is 6.14. The van der Waals surface area contributed by atoms with E-state index in [1.807, 2.05) is 7.11 Å². The molecule has 1 atom stereocenters. The van der Waals surface area contributed by atoms with Crippen LogP contribution >= 0.6 is 0 Å². The number of allylic oxidation sites excluding steroid dienone is 4. The van der Waals surface area contributed by atoms with Gasteiger partial charge < -0.3 is 4.43 Å². The van der Waals surface area contributed by atoms with E-state index in [2.05, 4.69) is 52.5 Å². The Morgan fingerprint density at radius 2 is 2.06 bits per heavy atom. The molecule has 91 valence electrons. The smallest absolute Gasteiger partial charge is 0.186 e. The lowest BCUT2D eigenvalue weighted by atomic mass is 10.2. The van der Waals surface area contributed by atoms with Crippen molar-refractivity contribution < 1.29 is 4.43 Å². The molecule has 0 aromatic heterocycles. The molecule has 0 saturated heterocycles. The van der Waals surface area contributed by atoms with Gasteiger partial charge in [0, 0.05) is 7.11 Å². The predicted molar refractivity (Wildman–Crippen MR) is 76.4 cm³/mol. The van der Waals surface area contributed by atoms with Crippen LogP contribution < -0.4 is 0 Å². The zero-order valence-electron chi connectivity index (χ0n) is 11.6. The van der Waals surface area contributed by atoms with Gasteiger partial charge in [0.05, 0.1) is 0 Å². The van der Waals surface area contributed by atoms with Gasteiger partial charge in [-0.2, -0.15) is 0 Å². The average molecular weight is 254 g/mol. The fourth-order valence-corrected chi connectivity index (χ4v) is 16.2. The summed E-state index contributed by atoms with van der Waals surface area (Å²) in [5.41, 5.74) is 0. The van der Waals surface area contributed by atoms with Crippen LogP contribution in [-0.2, 0) is 4.43 Å². The molecule has 0 aromatic carbocycles. The third-order valence-corrected chi connectivity index (χ3v) is 19.1. The molecule has 0 spiro atoms. The summed E-state index contributed by atoms with van der Waals surface area (Å²) in [5, 5.41) is 2.00. The number of hydrogen-bond donors (Lipinski definition) is 0. The SMILES string of the molecule is CC[Si](OC)([Si](C)C1=CC=CC1)C(C)(C)C. The highest BCUT2D eigenvalue weighted by Crippen LogP contribution is 2.43. The minimum atomic E-state index is -1.62. The highest BCUT2D eigenvalue weighted by atomic mass is 29.2. The van der Waals surface area contributed by atoms with Gasteiger partial charge >= 0.3 is 0 Å². The Hall–Kier alpha value is -0.126. The Morgan fingerprint density at radius 1 is 1.44 bits per heavy atom. The molecule has 0 saturated carbocycles. The molecule has 1 radical (unpaired) electrons. The van der Waals surface area contributed by atoms with Crippen molar-refractivity contribution in [1.29, 1.82) is 0 Å². The van der Waals surface area contributed by atoms with E-state index in [0.717, 1.165) is 0 Å². The van der Waals surface area contributed by atoms with Gasteiger partial charge in [-0.1, -0.05) is 57.7 Å². The summed E-state index contributed by atoms with van der Waals surface area (Å²) in [6.45, 7) is 11.9. The lowest BCUT2D eigenvalue weighted by Crippen LogP contribution is -2.58. The van der Waals surface area contributed by atoms with Crippen LogP contribution in [0, 0.1) is 0 Å². The lowest BCUT2D eigenvalue weighted by Gasteiger charge is -2.45. The molecule has 1 nitrogen and oxygen atoms in total. The summed E-state index contributed by atoms with van der Waals surface area (Å²) >= 11 is 0. The molecule has 0 aromatic rings. The van der Waals surface area contributed by atoms with E-state index in [1.165, 1.54) is 12.5 Å². The molecule has 0 fully saturated rings. The molecule has 1 aliphatic carbocycles. The topological polar surface area (TPSA) is 9.23 Å². The maximum atomic E-state index is 6.14. The monoisotopic (exact) mass is 253 g/mol. The van der Waals surface area contributed by atoms with E-state index in [-0.39, 0.29) is 0 Å². The Bertz CT molecular complexity index is 296. The van der Waals surface area contributed by atoms with Crippen LogP contribution in [0.2, 0.25) is 17.6 Å². The van der Waals surface area contributed by atoms with Gasteiger partial charge in [0.25, 0.3) is 0 Å². The molecule has 0 amide bonds. The number of hydrogen-bond acceptors (Lipinski definition) is 1. The van der Waals surface area contributed by atoms with E-state index in [1.54, 1.807) is 5.20 Å². The molecule has 3 heteroatoms. The highest BCUT2D eigenvalue weighted by molar-refractivity contribution is 7.33. The van der Waals surface area contributed by atoms with Gasteiger partial charge in [0.15, 0.2) is 7.83 Å². The zero-order valence-corrected chi connectivity index (χ0v) is 13.6. The molecule has 16 heavy (non-hydrogen) atoms. The Labute approximate surface area is 103 Å². The van der Waals surface area contributed by atoms with E-state index >= 15 is 0 Å². The second kappa shape index (κ2) is 5.02. The molecule has 1 rings (SSSR count). The van der Waals surface area contributed by atoms with Crippen LogP contribution in [0.5, 0.6) is 0 Å². The van der Waals surface area contributed by atoms with Crippen LogP contribution in [-0.4, -0.2) is 23.3 Å². The normalized spacial score (nSPS) is 20.1. The molecule has 1 unspecified atom stereocenters. The van der Waals surface area contributed by atoms with Crippen LogP contribution in [0.25, 0.3) is 0 Å². The standard InChI is InChI=1S/C13H25OSi2/c1-7-16(14-5,13(2,3)4)15(6)12-10-8-9-11-12/h8-10H,7,11H2,1-6H3. The molecule has 0 aliphatic heterocycles. The van der Waals surface area contributed by atoms with E-state index in [0.29, 0.717) is 5.04 Å². The van der Waals surface area contributed by atoms with E-state index in [4.69, 9.17) is 4.43 Å². The Morgan fingerprint density at radius 3 is 2.38 bits per heavy atom. The summed E-state index contributed by atoms with van der Waals surface area (Å²) in [4.78, 5) is 0. The minimum Gasteiger partial charge on any atom is -0.422 e. The van der Waals surface area contributed by atoms with Crippen molar-refractivity contribution in [3.8, 4) is 0 Å². The van der Waals surface area contributed by atoms with Gasteiger partial charge in [0.2, 0.25) is 0 Å². The van der Waals surface area contributed by atoms with Crippen LogP contribution in [0.1, 0.15) is 34.1 Å². The quantitative estimate of drug-likeness (QED) is 0.688. The first kappa shape index (κ1) is 13.9. The van der Waals surface area contributed by atoms with Gasteiger partial charge in [0.1, 0.15) is 8.31 Å². The summed E-state index contributed by atoms with van der Waals surface area (Å²) in [6.07, 6.45) is 7.97. The largest absolute Gasteiger partial charge is 0.422 e. The molecular weight excluding hydrogens is 228 g/mol. The van der Waals surface area contributed by atoms with Gasteiger partial charge in [-0.05, 0) is 17.5 Å². The molecule has 1 aliphatic rings. The minimum absolute atomic E-state index is 0.336. The van der Waals surface area contributed by atoms with Crippen molar-refractivity contribution in [3.63, 3.8) is 0 Å². The Kier molecular flexibility index (Phi) is 4.38. The third-order valence-electron chi connectivity index (χ3n) is 3.92. The Balaban J connectivity index is 3.02. The zero-order chi connectivity index (χ0) is 12.4. The van der Waals surface area contributed by atoms with Crippen LogP contribution in [0.4, 0.5) is 0 Å². The van der Waals surface area contributed by atoms with E-state index < -0.39 is 16.1 Å². The molecule has 0 heterocycles. The number of rotatable bonds is 4. The highest BCUT2D eigenvalue weighted by Gasteiger charge is 2.50. The third kappa shape index (κ3) is 2.26. The fraction of sp³-hybridized carbons (Fsp3) is 0.692. The summed E-state index contributed by atoms with van der Waals surface area (Å²) in [7, 11) is -0.186. The van der Waals surface area contributed by atoms with Crippen molar-refractivity contribution >= 4 is 16.1 Å². The van der Waals surface area contributed by atoms with E-state index in [9.17, 15) is 0 Å². The van der Waals surface area contributed by atoms with Crippen molar-refractivity contribution in [2.24, 2.45) is 0 Å². The van der Waals surface area contributed by atoms with Gasteiger partial charge in [-0.3, -0.25) is 0 Å². The second-order valence-corrected chi connectivity index (χ2v) is 16.4. The summed E-state index contributed by atoms with van der Waals surface area (Å²) in [5.74, 6) is 0. The second-order valence-electron chi connectivity index (χ2n) is 5.58. The van der Waals surface area contributed by atoms with Crippen molar-refractivity contribution in [1.82, 2.24) is 0 Å². The maximum Gasteiger partial charge on any atom is 0.186 e. The first-order chi connectivity index (χ1) is 7.39. The predicted octanol–water partition coefficient (Wildman–Crippen LogP) is 4.03. The molecule has 0 bridgehead atoms. The van der Waals surface area contributed by atoms with Crippen LogP contribution in [0.3, 0.4) is 0 Å². The lowest BCUT2D eigenvalue weighted by molar-refractivity contribution is 0.379. The van der Waals surface area contributed by atoms with Crippen molar-refractivity contribution in [3.05, 3.63) is 23.4 Å². The molecule has 0 N–H and O–H groups in total. The fourth-order valence-electron chi connectivity index (χ4n) is 2.95. The van der Waals surface area contributed by atoms with Gasteiger partial charge in [-0.25, -0.2) is 0 Å². The molecular formula is C13H25OSi2. The summed E-state index contributed by atoms with van der Waals surface area (Å²) in [6, 6.07) is 1.23. The van der Waals surface area contributed by atoms with Crippen LogP contribution in [0.15, 0.2) is 23.4 Å². The van der Waals surface area contributed by atoms with Crippen molar-refractivity contribution in [2.75, 3.05) is 7.11 Å².